The Hall–Kier alpha value is -2.60. The molecule has 0 aliphatic carbocycles. The molecule has 2 aromatic rings. The average molecular weight is 237 g/mol. The van der Waals surface area contributed by atoms with Crippen LogP contribution in [-0.2, 0) is 0 Å². The molecule has 3 nitrogen and oxygen atoms in total. The first-order valence-electron chi connectivity index (χ1n) is 5.43. The summed E-state index contributed by atoms with van der Waals surface area (Å²) in [6.45, 7) is 5.44. The second kappa shape index (κ2) is 4.34. The second-order valence-electron chi connectivity index (χ2n) is 3.96. The third-order valence-corrected chi connectivity index (χ3v) is 3.04. The number of carbonyl (C=O) groups is 1. The molecule has 0 heterocycles. The van der Waals surface area contributed by atoms with Crippen molar-refractivity contribution in [3.63, 3.8) is 0 Å². The molecule has 0 aliphatic heterocycles. The van der Waals surface area contributed by atoms with Gasteiger partial charge in [-0.25, -0.2) is 4.79 Å². The Kier molecular flexibility index (Phi) is 2.86. The maximum Gasteiger partial charge on any atom is 0.336 e. The van der Waals surface area contributed by atoms with Crippen molar-refractivity contribution in [1.82, 2.24) is 0 Å². The van der Waals surface area contributed by atoms with E-state index in [0.717, 1.165) is 10.9 Å². The summed E-state index contributed by atoms with van der Waals surface area (Å²) in [6.07, 6.45) is 1.43. The van der Waals surface area contributed by atoms with E-state index in [2.05, 4.69) is 12.6 Å². The number of nitriles is 1. The van der Waals surface area contributed by atoms with Crippen molar-refractivity contribution in [2.75, 3.05) is 0 Å². The van der Waals surface area contributed by atoms with Crippen LogP contribution >= 0.6 is 0 Å². The van der Waals surface area contributed by atoms with E-state index in [0.29, 0.717) is 16.5 Å². The lowest BCUT2D eigenvalue weighted by atomic mass is 9.90. The van der Waals surface area contributed by atoms with Gasteiger partial charge in [-0.15, -0.1) is 0 Å². The molecule has 0 radical (unpaired) electrons. The van der Waals surface area contributed by atoms with Crippen molar-refractivity contribution in [2.45, 2.75) is 6.92 Å². The number of benzene rings is 2. The second-order valence-corrected chi connectivity index (χ2v) is 3.96. The summed E-state index contributed by atoms with van der Waals surface area (Å²) in [5.74, 6) is -1.04. The predicted molar refractivity (Wildman–Crippen MR) is 70.5 cm³/mol. The van der Waals surface area contributed by atoms with Crippen LogP contribution in [-0.4, -0.2) is 11.1 Å². The topological polar surface area (TPSA) is 61.1 Å². The number of aryl methyl sites for hydroxylation is 1. The lowest BCUT2D eigenvalue weighted by Crippen LogP contribution is -2.05. The van der Waals surface area contributed by atoms with Crippen molar-refractivity contribution >= 4 is 22.8 Å². The van der Waals surface area contributed by atoms with Gasteiger partial charge in [0.25, 0.3) is 0 Å². The van der Waals surface area contributed by atoms with Gasteiger partial charge < -0.3 is 5.11 Å². The minimum absolute atomic E-state index is 0.141. The summed E-state index contributed by atoms with van der Waals surface area (Å²) in [5.41, 5.74) is 1.69. The van der Waals surface area contributed by atoms with Gasteiger partial charge in [-0.3, -0.25) is 0 Å². The van der Waals surface area contributed by atoms with Crippen LogP contribution in [0.4, 0.5) is 0 Å². The predicted octanol–water partition coefficient (Wildman–Crippen LogP) is 3.36. The highest BCUT2D eigenvalue weighted by Gasteiger charge is 2.19. The molecular formula is C15H11NO2. The largest absolute Gasteiger partial charge is 0.478 e. The fourth-order valence-electron chi connectivity index (χ4n) is 2.21. The maximum atomic E-state index is 11.4. The van der Waals surface area contributed by atoms with Gasteiger partial charge in [-0.05, 0) is 23.3 Å². The van der Waals surface area contributed by atoms with Crippen molar-refractivity contribution in [2.24, 2.45) is 0 Å². The molecule has 0 aliphatic rings. The first-order chi connectivity index (χ1) is 8.61. The molecular weight excluding hydrogens is 226 g/mol. The summed E-state index contributed by atoms with van der Waals surface area (Å²) < 4.78 is 0. The molecule has 3 heteroatoms. The zero-order chi connectivity index (χ0) is 13.3. The Bertz CT molecular complexity index is 708. The van der Waals surface area contributed by atoms with Crippen LogP contribution in [0.2, 0.25) is 0 Å². The number of hydrogen-bond acceptors (Lipinski definition) is 2. The Morgan fingerprint density at radius 3 is 2.50 bits per heavy atom. The van der Waals surface area contributed by atoms with Crippen LogP contribution in [0.1, 0.15) is 27.0 Å². The van der Waals surface area contributed by atoms with Gasteiger partial charge in [0.15, 0.2) is 0 Å². The van der Waals surface area contributed by atoms with Crippen LogP contribution in [0.5, 0.6) is 0 Å². The zero-order valence-electron chi connectivity index (χ0n) is 9.90. The molecule has 0 unspecified atom stereocenters. The Labute approximate surface area is 105 Å². The first kappa shape index (κ1) is 11.9. The smallest absolute Gasteiger partial charge is 0.336 e. The van der Waals surface area contributed by atoms with E-state index in [1.165, 1.54) is 6.08 Å². The number of rotatable bonds is 2. The molecule has 0 saturated heterocycles. The quantitative estimate of drug-likeness (QED) is 0.871. The van der Waals surface area contributed by atoms with Gasteiger partial charge in [0.1, 0.15) is 6.07 Å². The zero-order valence-corrected chi connectivity index (χ0v) is 9.90. The third-order valence-electron chi connectivity index (χ3n) is 3.04. The van der Waals surface area contributed by atoms with Crippen LogP contribution in [0.25, 0.3) is 16.8 Å². The lowest BCUT2D eigenvalue weighted by Gasteiger charge is -2.12. The van der Waals surface area contributed by atoms with Gasteiger partial charge in [-0.1, -0.05) is 36.9 Å². The highest BCUT2D eigenvalue weighted by Crippen LogP contribution is 2.30. The highest BCUT2D eigenvalue weighted by atomic mass is 16.4. The molecule has 2 rings (SSSR count). The molecule has 0 saturated carbocycles. The monoisotopic (exact) mass is 237 g/mol. The van der Waals surface area contributed by atoms with Gasteiger partial charge in [0, 0.05) is 5.56 Å². The number of hydrogen-bond donors (Lipinski definition) is 1. The summed E-state index contributed by atoms with van der Waals surface area (Å²) in [4.78, 5) is 11.4. The van der Waals surface area contributed by atoms with Crippen LogP contribution in [0.15, 0.2) is 30.8 Å². The first-order valence-corrected chi connectivity index (χ1v) is 5.43. The molecule has 0 fully saturated rings. The molecule has 2 aromatic carbocycles. The normalized spacial score (nSPS) is 10.0. The van der Waals surface area contributed by atoms with E-state index >= 15 is 0 Å². The van der Waals surface area contributed by atoms with E-state index in [-0.39, 0.29) is 5.56 Å². The average Bonchev–Trinajstić information content (AvgIpc) is 2.38. The van der Waals surface area contributed by atoms with Crippen LogP contribution in [0.3, 0.4) is 0 Å². The Morgan fingerprint density at radius 1 is 1.39 bits per heavy atom. The number of nitrogens with zero attached hydrogens (tertiary/aromatic N) is 1. The maximum absolute atomic E-state index is 11.4. The number of fused-ring (bicyclic) bond motifs is 1. The third kappa shape index (κ3) is 1.56. The van der Waals surface area contributed by atoms with Gasteiger partial charge >= 0.3 is 5.97 Å². The Balaban J connectivity index is 3.12. The Morgan fingerprint density at radius 2 is 2.00 bits per heavy atom. The molecule has 88 valence electrons. The SMILES string of the molecule is C=Cc1c(C#N)c(C)c2ccccc2c1C(=O)O. The fraction of sp³-hybridized carbons (Fsp3) is 0.0667. The molecule has 0 amide bonds. The van der Waals surface area contributed by atoms with Gasteiger partial charge in [0.2, 0.25) is 0 Å². The minimum Gasteiger partial charge on any atom is -0.478 e. The highest BCUT2D eigenvalue weighted by molar-refractivity contribution is 6.09. The van der Waals surface area contributed by atoms with E-state index < -0.39 is 5.97 Å². The fourth-order valence-corrected chi connectivity index (χ4v) is 2.21. The summed E-state index contributed by atoms with van der Waals surface area (Å²) in [5, 5.41) is 20.0. The van der Waals surface area contributed by atoms with Crippen molar-refractivity contribution in [3.8, 4) is 6.07 Å². The number of aromatic carboxylic acids is 1. The molecule has 0 atom stereocenters. The van der Waals surface area contributed by atoms with Crippen LogP contribution in [0, 0.1) is 18.3 Å². The van der Waals surface area contributed by atoms with E-state index in [1.54, 1.807) is 12.1 Å². The molecule has 0 aromatic heterocycles. The van der Waals surface area contributed by atoms with Gasteiger partial charge in [-0.2, -0.15) is 5.26 Å². The minimum atomic E-state index is -1.04. The summed E-state index contributed by atoms with van der Waals surface area (Å²) in [7, 11) is 0. The molecule has 1 N–H and O–H groups in total. The summed E-state index contributed by atoms with van der Waals surface area (Å²) >= 11 is 0. The van der Waals surface area contributed by atoms with E-state index in [4.69, 9.17) is 0 Å². The number of carboxylic acid groups (broad SMARTS) is 1. The van der Waals surface area contributed by atoms with Crippen molar-refractivity contribution in [3.05, 3.63) is 53.1 Å². The standard InChI is InChI=1S/C15H11NO2/c1-3-10-13(8-16)9(2)11-6-4-5-7-12(11)14(10)15(17)18/h3-7H,1H2,2H3,(H,17,18). The van der Waals surface area contributed by atoms with Crippen LogP contribution < -0.4 is 0 Å². The van der Waals surface area contributed by atoms with Crippen molar-refractivity contribution in [1.29, 1.82) is 5.26 Å². The van der Waals surface area contributed by atoms with Crippen molar-refractivity contribution < 1.29 is 9.90 Å². The molecule has 18 heavy (non-hydrogen) atoms. The van der Waals surface area contributed by atoms with E-state index in [1.807, 2.05) is 19.1 Å². The van der Waals surface area contributed by atoms with E-state index in [9.17, 15) is 15.2 Å². The molecule has 0 spiro atoms. The summed E-state index contributed by atoms with van der Waals surface area (Å²) in [6, 6.07) is 9.26. The lowest BCUT2D eigenvalue weighted by molar-refractivity contribution is 0.0699. The molecule has 0 bridgehead atoms. The van der Waals surface area contributed by atoms with Gasteiger partial charge in [0.05, 0.1) is 11.1 Å². The number of carboxylic acids is 1.